The number of nitrogens with zero attached hydrogens (tertiary/aromatic N) is 1. The summed E-state index contributed by atoms with van der Waals surface area (Å²) in [5.41, 5.74) is 3.27. The molecule has 1 aromatic rings. The van der Waals surface area contributed by atoms with Gasteiger partial charge in [0.2, 0.25) is 0 Å². The summed E-state index contributed by atoms with van der Waals surface area (Å²) in [7, 11) is -1.02. The summed E-state index contributed by atoms with van der Waals surface area (Å²) >= 11 is 3.58. The van der Waals surface area contributed by atoms with Crippen LogP contribution in [0.2, 0.25) is 0 Å². The van der Waals surface area contributed by atoms with Crippen molar-refractivity contribution in [3.63, 3.8) is 0 Å². The largest absolute Gasteiger partial charge is 0.372 e. The monoisotopic (exact) mass is 343 g/mol. The second-order valence-electron chi connectivity index (χ2n) is 4.38. The molecule has 1 atom stereocenters. The lowest BCUT2D eigenvalue weighted by Crippen LogP contribution is -2.21. The highest BCUT2D eigenvalue weighted by molar-refractivity contribution is 9.10. The van der Waals surface area contributed by atoms with E-state index < -0.39 is 11.0 Å². The van der Waals surface area contributed by atoms with Crippen LogP contribution in [-0.4, -0.2) is 28.9 Å². The van der Waals surface area contributed by atoms with E-state index >= 15 is 0 Å². The number of hydrogen-bond acceptors (Lipinski definition) is 3. The minimum Gasteiger partial charge on any atom is -0.372 e. The average molecular weight is 344 g/mol. The van der Waals surface area contributed by atoms with Crippen molar-refractivity contribution in [2.75, 3.05) is 23.6 Å². The third kappa shape index (κ3) is 3.57. The van der Waals surface area contributed by atoms with Crippen LogP contribution in [-0.2, 0) is 17.4 Å². The molecule has 0 bridgehead atoms. The third-order valence-electron chi connectivity index (χ3n) is 3.09. The molecule has 0 saturated heterocycles. The normalized spacial score (nSPS) is 15.8. The number of aliphatic imine (C=N–C) groups is 1. The molecule has 1 aliphatic rings. The van der Waals surface area contributed by atoms with Crippen LogP contribution in [0.5, 0.6) is 0 Å². The van der Waals surface area contributed by atoms with Crippen LogP contribution >= 0.6 is 15.9 Å². The first-order valence-electron chi connectivity index (χ1n) is 6.32. The Morgan fingerprint density at radius 2 is 2.32 bits per heavy atom. The number of amidine groups is 1. The van der Waals surface area contributed by atoms with Gasteiger partial charge in [0.05, 0.1) is 12.2 Å². The van der Waals surface area contributed by atoms with Gasteiger partial charge >= 0.3 is 0 Å². The molecular formula is C13H18BrN3OS. The lowest BCUT2D eigenvalue weighted by atomic mass is 10.0. The minimum absolute atomic E-state index is 0.591. The van der Waals surface area contributed by atoms with Gasteiger partial charge in [-0.25, -0.2) is 4.21 Å². The Kier molecular flexibility index (Phi) is 4.99. The molecule has 0 fully saturated rings. The molecule has 2 rings (SSSR count). The average Bonchev–Trinajstić information content (AvgIpc) is 2.91. The van der Waals surface area contributed by atoms with Crippen molar-refractivity contribution in [3.8, 4) is 0 Å². The molecule has 0 radical (unpaired) electrons. The molecule has 0 spiro atoms. The predicted octanol–water partition coefficient (Wildman–Crippen LogP) is 2.40. The van der Waals surface area contributed by atoms with E-state index in [4.69, 9.17) is 0 Å². The number of nitrogens with one attached hydrogen (secondary N) is 2. The molecule has 0 aromatic heterocycles. The molecule has 0 amide bonds. The molecule has 1 unspecified atom stereocenters. The van der Waals surface area contributed by atoms with Crippen molar-refractivity contribution < 1.29 is 4.21 Å². The summed E-state index contributed by atoms with van der Waals surface area (Å²) in [6.07, 6.45) is 0.821. The van der Waals surface area contributed by atoms with Crippen molar-refractivity contribution in [2.45, 2.75) is 20.3 Å². The highest BCUT2D eigenvalue weighted by Gasteiger charge is 2.12. The highest BCUT2D eigenvalue weighted by atomic mass is 79.9. The van der Waals surface area contributed by atoms with Crippen molar-refractivity contribution >= 4 is 38.4 Å². The summed E-state index contributed by atoms with van der Waals surface area (Å²) < 4.78 is 15.5. The summed E-state index contributed by atoms with van der Waals surface area (Å²) in [6.45, 7) is 5.76. The molecule has 0 saturated carbocycles. The summed E-state index contributed by atoms with van der Waals surface area (Å²) in [6, 6.07) is 4.04. The van der Waals surface area contributed by atoms with E-state index in [9.17, 15) is 4.21 Å². The van der Waals surface area contributed by atoms with E-state index in [0.29, 0.717) is 5.75 Å². The SMILES string of the molecule is CCS(=O)Nc1ccc(CC2=NCCN2)c(C)c1Br. The van der Waals surface area contributed by atoms with Gasteiger partial charge in [0, 0.05) is 23.2 Å². The Morgan fingerprint density at radius 3 is 2.95 bits per heavy atom. The third-order valence-corrected chi connectivity index (χ3v) is 5.08. The van der Waals surface area contributed by atoms with Gasteiger partial charge in [-0.1, -0.05) is 13.0 Å². The van der Waals surface area contributed by atoms with E-state index in [-0.39, 0.29) is 0 Å². The van der Waals surface area contributed by atoms with Crippen molar-refractivity contribution in [1.29, 1.82) is 0 Å². The Balaban J connectivity index is 2.19. The lowest BCUT2D eigenvalue weighted by Gasteiger charge is -2.13. The van der Waals surface area contributed by atoms with E-state index in [0.717, 1.165) is 41.1 Å². The summed E-state index contributed by atoms with van der Waals surface area (Å²) in [4.78, 5) is 4.41. The zero-order chi connectivity index (χ0) is 13.8. The topological polar surface area (TPSA) is 53.5 Å². The number of rotatable bonds is 5. The number of halogens is 1. The van der Waals surface area contributed by atoms with Crippen LogP contribution < -0.4 is 10.0 Å². The molecule has 6 heteroatoms. The highest BCUT2D eigenvalue weighted by Crippen LogP contribution is 2.29. The van der Waals surface area contributed by atoms with Gasteiger partial charge in [-0.05, 0) is 40.0 Å². The maximum absolute atomic E-state index is 11.6. The summed E-state index contributed by atoms with van der Waals surface area (Å²) in [5, 5.41) is 3.28. The molecule has 1 aliphatic heterocycles. The van der Waals surface area contributed by atoms with Gasteiger partial charge < -0.3 is 10.0 Å². The number of anilines is 1. The second kappa shape index (κ2) is 6.52. The van der Waals surface area contributed by atoms with Gasteiger partial charge in [-0.2, -0.15) is 0 Å². The van der Waals surface area contributed by atoms with Gasteiger partial charge in [0.25, 0.3) is 0 Å². The molecular weight excluding hydrogens is 326 g/mol. The van der Waals surface area contributed by atoms with Crippen LogP contribution in [0.3, 0.4) is 0 Å². The predicted molar refractivity (Wildman–Crippen MR) is 85.2 cm³/mol. The first kappa shape index (κ1) is 14.5. The Bertz CT molecular complexity index is 531. The van der Waals surface area contributed by atoms with Crippen LogP contribution in [0.1, 0.15) is 18.1 Å². The fraction of sp³-hybridized carbons (Fsp3) is 0.462. The molecule has 2 N–H and O–H groups in total. The van der Waals surface area contributed by atoms with Gasteiger partial charge in [0.15, 0.2) is 0 Å². The van der Waals surface area contributed by atoms with Crippen LogP contribution in [0.4, 0.5) is 5.69 Å². The van der Waals surface area contributed by atoms with Gasteiger partial charge in [0.1, 0.15) is 16.8 Å². The Morgan fingerprint density at radius 1 is 1.53 bits per heavy atom. The van der Waals surface area contributed by atoms with Crippen molar-refractivity contribution in [1.82, 2.24) is 5.32 Å². The smallest absolute Gasteiger partial charge is 0.116 e. The first-order valence-corrected chi connectivity index (χ1v) is 8.43. The maximum Gasteiger partial charge on any atom is 0.116 e. The molecule has 104 valence electrons. The second-order valence-corrected chi connectivity index (χ2v) is 6.64. The molecule has 4 nitrogen and oxygen atoms in total. The van der Waals surface area contributed by atoms with Crippen molar-refractivity contribution in [3.05, 3.63) is 27.7 Å². The van der Waals surface area contributed by atoms with Crippen LogP contribution in [0.25, 0.3) is 0 Å². The maximum atomic E-state index is 11.6. The molecule has 1 aromatic carbocycles. The van der Waals surface area contributed by atoms with Gasteiger partial charge in [-0.15, -0.1) is 0 Å². The Hall–Kier alpha value is -0.880. The quantitative estimate of drug-likeness (QED) is 0.862. The van der Waals surface area contributed by atoms with E-state index in [1.54, 1.807) is 0 Å². The molecule has 1 heterocycles. The fourth-order valence-corrected chi connectivity index (χ4v) is 3.11. The molecule has 19 heavy (non-hydrogen) atoms. The lowest BCUT2D eigenvalue weighted by molar-refractivity contribution is 0.687. The van der Waals surface area contributed by atoms with Crippen LogP contribution in [0, 0.1) is 6.92 Å². The Labute approximate surface area is 124 Å². The fourth-order valence-electron chi connectivity index (χ4n) is 1.94. The summed E-state index contributed by atoms with van der Waals surface area (Å²) in [5.74, 6) is 1.64. The number of benzene rings is 1. The van der Waals surface area contributed by atoms with E-state index in [1.807, 2.05) is 13.0 Å². The minimum atomic E-state index is -1.02. The van der Waals surface area contributed by atoms with Crippen molar-refractivity contribution in [2.24, 2.45) is 4.99 Å². The zero-order valence-corrected chi connectivity index (χ0v) is 13.5. The van der Waals surface area contributed by atoms with E-state index in [2.05, 4.69) is 44.0 Å². The van der Waals surface area contributed by atoms with Crippen LogP contribution in [0.15, 0.2) is 21.6 Å². The zero-order valence-electron chi connectivity index (χ0n) is 11.1. The standard InChI is InChI=1S/C13H18BrN3OS/c1-3-19(18)17-11-5-4-10(9(2)13(11)14)8-12-15-6-7-16-12/h4-5,17H,3,6-8H2,1-2H3,(H,15,16). The van der Waals surface area contributed by atoms with E-state index in [1.165, 1.54) is 5.56 Å². The van der Waals surface area contributed by atoms with Gasteiger partial charge in [-0.3, -0.25) is 4.99 Å². The number of hydrogen-bond donors (Lipinski definition) is 2. The molecule has 0 aliphatic carbocycles. The first-order chi connectivity index (χ1) is 9.11.